The third kappa shape index (κ3) is 4.51. The fourth-order valence-corrected chi connectivity index (χ4v) is 1.66. The first kappa shape index (κ1) is 14.7. The molecule has 1 atom stereocenters. The van der Waals surface area contributed by atoms with E-state index in [2.05, 4.69) is 11.9 Å². The molecule has 1 amide bonds. The lowest BCUT2D eigenvalue weighted by molar-refractivity contribution is -0.125. The number of amides is 1. The highest BCUT2D eigenvalue weighted by Crippen LogP contribution is 2.12. The smallest absolute Gasteiger partial charge is 0.237 e. The van der Waals surface area contributed by atoms with Gasteiger partial charge in [0.05, 0.1) is 6.04 Å². The van der Waals surface area contributed by atoms with E-state index in [0.717, 1.165) is 10.6 Å². The number of hydrogen-bond donors (Lipinski definition) is 1. The maximum absolute atomic E-state index is 11.8. The molecule has 0 spiro atoms. The van der Waals surface area contributed by atoms with Crippen LogP contribution in [-0.2, 0) is 11.3 Å². The molecule has 18 heavy (non-hydrogen) atoms. The van der Waals surface area contributed by atoms with Gasteiger partial charge >= 0.3 is 0 Å². The van der Waals surface area contributed by atoms with Crippen LogP contribution in [0.2, 0.25) is 5.02 Å². The summed E-state index contributed by atoms with van der Waals surface area (Å²) >= 11 is 5.83. The highest BCUT2D eigenvalue weighted by Gasteiger charge is 2.17. The maximum atomic E-state index is 11.8. The molecule has 0 saturated heterocycles. The van der Waals surface area contributed by atoms with Crippen LogP contribution < -0.4 is 5.32 Å². The monoisotopic (exact) mass is 266 g/mol. The summed E-state index contributed by atoms with van der Waals surface area (Å²) in [7, 11) is 1.92. The zero-order valence-corrected chi connectivity index (χ0v) is 11.6. The first-order valence-corrected chi connectivity index (χ1v) is 6.25. The van der Waals surface area contributed by atoms with Crippen LogP contribution in [0.3, 0.4) is 0 Å². The molecule has 0 heterocycles. The van der Waals surface area contributed by atoms with Gasteiger partial charge in [0.25, 0.3) is 0 Å². The van der Waals surface area contributed by atoms with Crippen molar-refractivity contribution in [3.8, 4) is 0 Å². The van der Waals surface area contributed by atoms with E-state index in [0.29, 0.717) is 13.1 Å². The molecule has 1 aromatic carbocycles. The van der Waals surface area contributed by atoms with E-state index in [4.69, 9.17) is 11.6 Å². The fourth-order valence-electron chi connectivity index (χ4n) is 1.54. The summed E-state index contributed by atoms with van der Waals surface area (Å²) in [5, 5.41) is 3.51. The number of likely N-dealkylation sites (N-methyl/N-ethyl adjacent to an activating group) is 1. The molecule has 4 heteroatoms. The number of rotatable bonds is 6. The van der Waals surface area contributed by atoms with Crippen LogP contribution in [0.1, 0.15) is 12.5 Å². The van der Waals surface area contributed by atoms with Crippen molar-refractivity contribution in [2.24, 2.45) is 0 Å². The minimum atomic E-state index is -0.180. The third-order valence-electron chi connectivity index (χ3n) is 2.81. The van der Waals surface area contributed by atoms with E-state index in [1.54, 1.807) is 6.08 Å². The predicted molar refractivity (Wildman–Crippen MR) is 75.6 cm³/mol. The number of benzene rings is 1. The molecule has 0 saturated carbocycles. The van der Waals surface area contributed by atoms with Crippen LogP contribution >= 0.6 is 11.6 Å². The molecule has 0 aliphatic heterocycles. The Bertz CT molecular complexity index is 403. The van der Waals surface area contributed by atoms with Crippen LogP contribution in [0, 0.1) is 0 Å². The van der Waals surface area contributed by atoms with Gasteiger partial charge in [-0.25, -0.2) is 0 Å². The Balaban J connectivity index is 2.53. The first-order valence-electron chi connectivity index (χ1n) is 5.88. The minimum Gasteiger partial charge on any atom is -0.351 e. The Morgan fingerprint density at radius 2 is 2.11 bits per heavy atom. The molecule has 1 N–H and O–H groups in total. The summed E-state index contributed by atoms with van der Waals surface area (Å²) < 4.78 is 0. The molecular weight excluding hydrogens is 248 g/mol. The lowest BCUT2D eigenvalue weighted by Gasteiger charge is -2.23. The second-order valence-electron chi connectivity index (χ2n) is 4.25. The zero-order valence-electron chi connectivity index (χ0n) is 10.8. The first-order chi connectivity index (χ1) is 8.54. The SMILES string of the molecule is C=CCNC(=O)C(C)N(C)Cc1ccc(Cl)cc1. The van der Waals surface area contributed by atoms with Gasteiger partial charge in [-0.15, -0.1) is 6.58 Å². The van der Waals surface area contributed by atoms with Gasteiger partial charge in [0.2, 0.25) is 5.91 Å². The van der Waals surface area contributed by atoms with Crippen molar-refractivity contribution in [1.29, 1.82) is 0 Å². The van der Waals surface area contributed by atoms with Gasteiger partial charge in [-0.05, 0) is 31.7 Å². The molecule has 0 aromatic heterocycles. The van der Waals surface area contributed by atoms with Crippen molar-refractivity contribution in [2.75, 3.05) is 13.6 Å². The van der Waals surface area contributed by atoms with Gasteiger partial charge in [0, 0.05) is 18.1 Å². The zero-order chi connectivity index (χ0) is 13.5. The van der Waals surface area contributed by atoms with Crippen molar-refractivity contribution in [2.45, 2.75) is 19.5 Å². The molecule has 1 unspecified atom stereocenters. The Morgan fingerprint density at radius 3 is 2.67 bits per heavy atom. The molecule has 1 aromatic rings. The summed E-state index contributed by atoms with van der Waals surface area (Å²) in [5.74, 6) is 0.00589. The molecule has 3 nitrogen and oxygen atoms in total. The number of nitrogens with one attached hydrogen (secondary N) is 1. The summed E-state index contributed by atoms with van der Waals surface area (Å²) in [6.07, 6.45) is 1.67. The van der Waals surface area contributed by atoms with Gasteiger partial charge in [-0.3, -0.25) is 9.69 Å². The standard InChI is InChI=1S/C14H19ClN2O/c1-4-9-16-14(18)11(2)17(3)10-12-5-7-13(15)8-6-12/h4-8,11H,1,9-10H2,2-3H3,(H,16,18). The molecule has 1 rings (SSSR count). The largest absolute Gasteiger partial charge is 0.351 e. The average molecular weight is 267 g/mol. The number of hydrogen-bond acceptors (Lipinski definition) is 2. The van der Waals surface area contributed by atoms with E-state index in [1.807, 2.05) is 43.1 Å². The highest BCUT2D eigenvalue weighted by molar-refractivity contribution is 6.30. The molecular formula is C14H19ClN2O. The average Bonchev–Trinajstić information content (AvgIpc) is 2.37. The molecule has 0 bridgehead atoms. The molecule has 98 valence electrons. The highest BCUT2D eigenvalue weighted by atomic mass is 35.5. The Kier molecular flexibility index (Phi) is 5.89. The topological polar surface area (TPSA) is 32.3 Å². The quantitative estimate of drug-likeness (QED) is 0.803. The van der Waals surface area contributed by atoms with E-state index in [-0.39, 0.29) is 11.9 Å². The Labute approximate surface area is 113 Å². The number of nitrogens with zero attached hydrogens (tertiary/aromatic N) is 1. The van der Waals surface area contributed by atoms with Gasteiger partial charge in [-0.2, -0.15) is 0 Å². The summed E-state index contributed by atoms with van der Waals surface area (Å²) in [6.45, 7) is 6.66. The third-order valence-corrected chi connectivity index (χ3v) is 3.06. The maximum Gasteiger partial charge on any atom is 0.237 e. The minimum absolute atomic E-state index is 0.00589. The van der Waals surface area contributed by atoms with Crippen LogP contribution in [0.5, 0.6) is 0 Å². The van der Waals surface area contributed by atoms with Gasteiger partial charge in [-0.1, -0.05) is 29.8 Å². The summed E-state index contributed by atoms with van der Waals surface area (Å²) in [6, 6.07) is 7.46. The Morgan fingerprint density at radius 1 is 1.50 bits per heavy atom. The fraction of sp³-hybridized carbons (Fsp3) is 0.357. The van der Waals surface area contributed by atoms with Gasteiger partial charge < -0.3 is 5.32 Å². The van der Waals surface area contributed by atoms with Crippen LogP contribution in [0.15, 0.2) is 36.9 Å². The van der Waals surface area contributed by atoms with E-state index in [1.165, 1.54) is 0 Å². The van der Waals surface area contributed by atoms with E-state index < -0.39 is 0 Å². The molecule has 0 aliphatic rings. The predicted octanol–water partition coefficient (Wildman–Crippen LogP) is 2.46. The van der Waals surface area contributed by atoms with Crippen LogP contribution in [-0.4, -0.2) is 30.4 Å². The lowest BCUT2D eigenvalue weighted by atomic mass is 10.2. The van der Waals surface area contributed by atoms with Crippen molar-refractivity contribution in [3.63, 3.8) is 0 Å². The van der Waals surface area contributed by atoms with Crippen LogP contribution in [0.25, 0.3) is 0 Å². The second kappa shape index (κ2) is 7.19. The molecule has 0 aliphatic carbocycles. The van der Waals surface area contributed by atoms with Crippen molar-refractivity contribution in [1.82, 2.24) is 10.2 Å². The molecule has 0 fully saturated rings. The molecule has 0 radical (unpaired) electrons. The van der Waals surface area contributed by atoms with Crippen molar-refractivity contribution in [3.05, 3.63) is 47.5 Å². The summed E-state index contributed by atoms with van der Waals surface area (Å²) in [4.78, 5) is 13.8. The van der Waals surface area contributed by atoms with E-state index in [9.17, 15) is 4.79 Å². The Hall–Kier alpha value is -1.32. The number of carbonyl (C=O) groups excluding carboxylic acids is 1. The number of halogens is 1. The van der Waals surface area contributed by atoms with E-state index >= 15 is 0 Å². The van der Waals surface area contributed by atoms with Crippen molar-refractivity contribution >= 4 is 17.5 Å². The summed E-state index contributed by atoms with van der Waals surface area (Å²) in [5.41, 5.74) is 1.13. The number of carbonyl (C=O) groups is 1. The van der Waals surface area contributed by atoms with Gasteiger partial charge in [0.1, 0.15) is 0 Å². The van der Waals surface area contributed by atoms with Crippen LogP contribution in [0.4, 0.5) is 0 Å². The van der Waals surface area contributed by atoms with Crippen molar-refractivity contribution < 1.29 is 4.79 Å². The normalized spacial score (nSPS) is 12.2. The lowest BCUT2D eigenvalue weighted by Crippen LogP contribution is -2.42. The van der Waals surface area contributed by atoms with Gasteiger partial charge in [0.15, 0.2) is 0 Å². The second-order valence-corrected chi connectivity index (χ2v) is 4.69.